The first-order chi connectivity index (χ1) is 11.9. The summed E-state index contributed by atoms with van der Waals surface area (Å²) in [5.41, 5.74) is 0.884. The van der Waals surface area contributed by atoms with Crippen molar-refractivity contribution in [3.8, 4) is 5.75 Å². The number of thiocarbonyl (C=S) groups is 1. The fourth-order valence-electron chi connectivity index (χ4n) is 2.34. The smallest absolute Gasteiger partial charge is 0.303 e. The van der Waals surface area contributed by atoms with Crippen molar-refractivity contribution in [2.75, 3.05) is 13.7 Å². The number of methoxy groups -OCH3 is 1. The number of unbranched alkanes of at least 4 members (excludes halogenated alkanes) is 2. The van der Waals surface area contributed by atoms with Crippen molar-refractivity contribution in [2.24, 2.45) is 0 Å². The molecule has 5 nitrogen and oxygen atoms in total. The van der Waals surface area contributed by atoms with Crippen molar-refractivity contribution < 1.29 is 19.4 Å². The summed E-state index contributed by atoms with van der Waals surface area (Å²) in [6.45, 7) is 0.522. The Morgan fingerprint density at radius 3 is 2.80 bits per heavy atom. The number of nitrogens with zero attached hydrogens (tertiary/aromatic N) is 1. The number of hydrogen-bond donors (Lipinski definition) is 1. The van der Waals surface area contributed by atoms with Crippen LogP contribution >= 0.6 is 39.9 Å². The van der Waals surface area contributed by atoms with Gasteiger partial charge in [0.25, 0.3) is 5.91 Å². The van der Waals surface area contributed by atoms with Gasteiger partial charge in [-0.1, -0.05) is 36.5 Å². The van der Waals surface area contributed by atoms with E-state index in [1.165, 1.54) is 11.8 Å². The van der Waals surface area contributed by atoms with E-state index in [2.05, 4.69) is 15.9 Å². The zero-order valence-electron chi connectivity index (χ0n) is 13.7. The second-order valence-electron chi connectivity index (χ2n) is 5.43. The van der Waals surface area contributed by atoms with Crippen LogP contribution < -0.4 is 4.74 Å². The zero-order chi connectivity index (χ0) is 18.4. The van der Waals surface area contributed by atoms with Gasteiger partial charge in [0.05, 0.1) is 16.5 Å². The Morgan fingerprint density at radius 1 is 1.40 bits per heavy atom. The normalized spacial score (nSPS) is 15.9. The van der Waals surface area contributed by atoms with Crippen LogP contribution in [-0.2, 0) is 9.59 Å². The Hall–Kier alpha value is -1.38. The average molecular weight is 444 g/mol. The number of hydrogen-bond acceptors (Lipinski definition) is 5. The molecule has 0 unspecified atom stereocenters. The van der Waals surface area contributed by atoms with Crippen molar-refractivity contribution in [1.82, 2.24) is 4.90 Å². The molecule has 0 atom stereocenters. The van der Waals surface area contributed by atoms with Crippen LogP contribution in [0.1, 0.15) is 31.2 Å². The second kappa shape index (κ2) is 9.35. The monoisotopic (exact) mass is 443 g/mol. The van der Waals surface area contributed by atoms with Gasteiger partial charge in [-0.05, 0) is 52.5 Å². The highest BCUT2D eigenvalue weighted by Gasteiger charge is 2.31. The number of carboxylic acid groups (broad SMARTS) is 1. The maximum Gasteiger partial charge on any atom is 0.303 e. The molecule has 1 amide bonds. The fraction of sp³-hybridized carbons (Fsp3) is 0.353. The van der Waals surface area contributed by atoms with Crippen molar-refractivity contribution >= 4 is 62.2 Å². The highest BCUT2D eigenvalue weighted by molar-refractivity contribution is 9.10. The van der Waals surface area contributed by atoms with E-state index in [1.807, 2.05) is 24.3 Å². The van der Waals surface area contributed by atoms with Crippen LogP contribution in [0.3, 0.4) is 0 Å². The van der Waals surface area contributed by atoms with Crippen LogP contribution in [0.4, 0.5) is 0 Å². The van der Waals surface area contributed by atoms with Crippen LogP contribution in [0.15, 0.2) is 27.6 Å². The van der Waals surface area contributed by atoms with Crippen LogP contribution in [0, 0.1) is 0 Å². The molecule has 25 heavy (non-hydrogen) atoms. The molecule has 134 valence electrons. The quantitative estimate of drug-likeness (QED) is 0.366. The predicted molar refractivity (Wildman–Crippen MR) is 107 cm³/mol. The largest absolute Gasteiger partial charge is 0.496 e. The van der Waals surface area contributed by atoms with Gasteiger partial charge >= 0.3 is 5.97 Å². The first kappa shape index (κ1) is 19.9. The molecule has 1 aliphatic rings. The molecule has 1 aromatic carbocycles. The topological polar surface area (TPSA) is 66.8 Å². The number of thioether (sulfide) groups is 1. The third-order valence-electron chi connectivity index (χ3n) is 3.62. The average Bonchev–Trinajstić information content (AvgIpc) is 2.81. The van der Waals surface area contributed by atoms with E-state index >= 15 is 0 Å². The summed E-state index contributed by atoms with van der Waals surface area (Å²) >= 11 is 10.0. The van der Waals surface area contributed by atoms with E-state index in [1.54, 1.807) is 12.0 Å². The van der Waals surface area contributed by atoms with E-state index in [4.69, 9.17) is 22.1 Å². The fourth-order valence-corrected chi connectivity index (χ4v) is 4.21. The highest BCUT2D eigenvalue weighted by atomic mass is 79.9. The summed E-state index contributed by atoms with van der Waals surface area (Å²) in [6.07, 6.45) is 4.08. The van der Waals surface area contributed by atoms with Crippen LogP contribution in [0.25, 0.3) is 6.08 Å². The van der Waals surface area contributed by atoms with Crippen LogP contribution in [0.2, 0.25) is 0 Å². The summed E-state index contributed by atoms with van der Waals surface area (Å²) in [7, 11) is 1.60. The van der Waals surface area contributed by atoms with E-state index in [0.717, 1.165) is 28.6 Å². The maximum absolute atomic E-state index is 12.5. The number of halogens is 1. The number of amides is 1. The molecule has 1 N–H and O–H groups in total. The summed E-state index contributed by atoms with van der Waals surface area (Å²) < 4.78 is 6.56. The Balaban J connectivity index is 1.97. The molecule has 0 aliphatic carbocycles. The SMILES string of the molecule is COc1ccc(/C=C2/SC(=S)N(CCCCCC(=O)O)C2=O)cc1Br. The summed E-state index contributed by atoms with van der Waals surface area (Å²) in [5.74, 6) is -0.162. The molecular formula is C17H18BrNO4S2. The van der Waals surface area contributed by atoms with Gasteiger partial charge in [-0.2, -0.15) is 0 Å². The second-order valence-corrected chi connectivity index (χ2v) is 7.96. The standard InChI is InChI=1S/C17H18BrNO4S2/c1-23-13-7-6-11(9-12(13)18)10-14-16(22)19(17(24)25-14)8-4-2-3-5-15(20)21/h6-7,9-10H,2-5,8H2,1H3,(H,20,21)/b14-10+. The molecule has 0 bridgehead atoms. The number of carbonyl (C=O) groups is 2. The first-order valence-corrected chi connectivity index (χ1v) is 9.75. The van der Waals surface area contributed by atoms with Crippen molar-refractivity contribution in [3.63, 3.8) is 0 Å². The molecule has 1 saturated heterocycles. The number of carboxylic acids is 1. The van der Waals surface area contributed by atoms with E-state index in [-0.39, 0.29) is 12.3 Å². The zero-order valence-corrected chi connectivity index (χ0v) is 16.9. The van der Waals surface area contributed by atoms with Gasteiger partial charge in [-0.25, -0.2) is 0 Å². The highest BCUT2D eigenvalue weighted by Crippen LogP contribution is 2.34. The van der Waals surface area contributed by atoms with Crippen LogP contribution in [-0.4, -0.2) is 39.9 Å². The van der Waals surface area contributed by atoms with Crippen molar-refractivity contribution in [3.05, 3.63) is 33.1 Å². The van der Waals surface area contributed by atoms with E-state index in [0.29, 0.717) is 22.2 Å². The van der Waals surface area contributed by atoms with Gasteiger partial charge in [0.1, 0.15) is 10.1 Å². The minimum absolute atomic E-state index is 0.0971. The lowest BCUT2D eigenvalue weighted by atomic mass is 10.2. The molecule has 0 spiro atoms. The van der Waals surface area contributed by atoms with Gasteiger partial charge in [0.2, 0.25) is 0 Å². The number of aliphatic carboxylic acids is 1. The Kier molecular flexibility index (Phi) is 7.46. The Morgan fingerprint density at radius 2 is 2.16 bits per heavy atom. The lowest BCUT2D eigenvalue weighted by Crippen LogP contribution is -2.29. The van der Waals surface area contributed by atoms with Gasteiger partial charge in [-0.3, -0.25) is 14.5 Å². The van der Waals surface area contributed by atoms with Gasteiger partial charge < -0.3 is 9.84 Å². The molecule has 0 aromatic heterocycles. The lowest BCUT2D eigenvalue weighted by Gasteiger charge is -2.13. The number of rotatable bonds is 8. The molecule has 0 saturated carbocycles. The van der Waals surface area contributed by atoms with Gasteiger partial charge in [0, 0.05) is 13.0 Å². The van der Waals surface area contributed by atoms with Crippen molar-refractivity contribution in [2.45, 2.75) is 25.7 Å². The first-order valence-electron chi connectivity index (χ1n) is 7.73. The molecule has 1 aliphatic heterocycles. The molecule has 1 aromatic rings. The Labute approximate surface area is 164 Å². The summed E-state index contributed by atoms with van der Waals surface area (Å²) in [5, 5.41) is 8.63. The minimum atomic E-state index is -0.792. The lowest BCUT2D eigenvalue weighted by molar-refractivity contribution is -0.137. The molecule has 1 fully saturated rings. The third kappa shape index (κ3) is 5.55. The molecule has 0 radical (unpaired) electrons. The molecule has 1 heterocycles. The summed E-state index contributed by atoms with van der Waals surface area (Å²) in [4.78, 5) is 25.2. The van der Waals surface area contributed by atoms with E-state index < -0.39 is 5.97 Å². The third-order valence-corrected chi connectivity index (χ3v) is 5.62. The molecular weight excluding hydrogens is 426 g/mol. The Bertz CT molecular complexity index is 721. The maximum atomic E-state index is 12.5. The van der Waals surface area contributed by atoms with Gasteiger partial charge in [0.15, 0.2) is 0 Å². The number of benzene rings is 1. The summed E-state index contributed by atoms with van der Waals surface area (Å²) in [6, 6.07) is 5.60. The molecule has 8 heteroatoms. The minimum Gasteiger partial charge on any atom is -0.496 e. The predicted octanol–water partition coefficient (Wildman–Crippen LogP) is 4.30. The molecule has 2 rings (SSSR count). The van der Waals surface area contributed by atoms with Gasteiger partial charge in [-0.15, -0.1) is 0 Å². The van der Waals surface area contributed by atoms with E-state index in [9.17, 15) is 9.59 Å². The number of ether oxygens (including phenoxy) is 1. The van der Waals surface area contributed by atoms with Crippen LogP contribution in [0.5, 0.6) is 5.75 Å². The number of carbonyl (C=O) groups excluding carboxylic acids is 1. The van der Waals surface area contributed by atoms with Crippen molar-refractivity contribution in [1.29, 1.82) is 0 Å².